The highest BCUT2D eigenvalue weighted by atomic mass is 35.5. The van der Waals surface area contributed by atoms with E-state index < -0.39 is 5.60 Å². The molecule has 0 saturated heterocycles. The number of hydrogen-bond acceptors (Lipinski definition) is 4. The van der Waals surface area contributed by atoms with Crippen molar-refractivity contribution in [1.82, 2.24) is 15.2 Å². The lowest BCUT2D eigenvalue weighted by molar-refractivity contribution is 0.0557. The van der Waals surface area contributed by atoms with E-state index in [4.69, 9.17) is 16.3 Å². The van der Waals surface area contributed by atoms with Gasteiger partial charge >= 0.3 is 6.09 Å². The second-order valence-corrected chi connectivity index (χ2v) is 8.04. The fraction of sp³-hybridized carbons (Fsp3) is 0.526. The Morgan fingerprint density at radius 2 is 1.96 bits per heavy atom. The zero-order valence-electron chi connectivity index (χ0n) is 15.5. The van der Waals surface area contributed by atoms with Crippen LogP contribution in [0.25, 0.3) is 11.3 Å². The molecular formula is C19H25ClN4O2. The molecule has 2 aromatic heterocycles. The first kappa shape index (κ1) is 18.7. The predicted molar refractivity (Wildman–Crippen MR) is 102 cm³/mol. The molecule has 1 fully saturated rings. The Hall–Kier alpha value is -2.08. The minimum absolute atomic E-state index is 0.140. The summed E-state index contributed by atoms with van der Waals surface area (Å²) in [6.07, 6.45) is 6.94. The Morgan fingerprint density at radius 1 is 1.23 bits per heavy atom. The molecule has 2 heterocycles. The van der Waals surface area contributed by atoms with Gasteiger partial charge in [-0.2, -0.15) is 0 Å². The monoisotopic (exact) mass is 376 g/mol. The van der Waals surface area contributed by atoms with Gasteiger partial charge in [0.15, 0.2) is 5.15 Å². The maximum atomic E-state index is 12.9. The minimum atomic E-state index is -0.541. The van der Waals surface area contributed by atoms with Crippen LogP contribution < -0.4 is 4.90 Å². The van der Waals surface area contributed by atoms with Crippen molar-refractivity contribution in [1.29, 1.82) is 0 Å². The van der Waals surface area contributed by atoms with Crippen molar-refractivity contribution in [2.75, 3.05) is 4.90 Å². The van der Waals surface area contributed by atoms with Crippen LogP contribution >= 0.6 is 11.6 Å². The van der Waals surface area contributed by atoms with Gasteiger partial charge in [-0.25, -0.2) is 4.79 Å². The molecule has 7 heteroatoms. The average molecular weight is 377 g/mol. The van der Waals surface area contributed by atoms with E-state index in [1.54, 1.807) is 17.0 Å². The van der Waals surface area contributed by atoms with E-state index in [9.17, 15) is 4.79 Å². The number of carbonyl (C=O) groups is 1. The molecule has 0 spiro atoms. The van der Waals surface area contributed by atoms with Gasteiger partial charge in [0.25, 0.3) is 0 Å². The van der Waals surface area contributed by atoms with Gasteiger partial charge < -0.3 is 9.72 Å². The van der Waals surface area contributed by atoms with Crippen molar-refractivity contribution in [3.63, 3.8) is 0 Å². The number of aromatic nitrogens is 3. The molecule has 0 aromatic carbocycles. The standard InChI is InChI=1S/C19H25ClN4O2/c1-19(2,3)26-18(25)24(14-7-5-4-6-8-14)17-11-13(12-21-17)15-9-10-16(20)23-22-15/h9-12,14,21H,4-8H2,1-3H3. The van der Waals surface area contributed by atoms with Gasteiger partial charge in [0, 0.05) is 17.8 Å². The number of aromatic amines is 1. The summed E-state index contributed by atoms with van der Waals surface area (Å²) < 4.78 is 5.66. The first-order valence-electron chi connectivity index (χ1n) is 9.04. The Labute approximate surface area is 158 Å². The van der Waals surface area contributed by atoms with E-state index in [0.29, 0.717) is 10.8 Å². The van der Waals surface area contributed by atoms with Crippen LogP contribution in [0.4, 0.5) is 10.6 Å². The van der Waals surface area contributed by atoms with Crippen LogP contribution in [0.5, 0.6) is 0 Å². The molecular weight excluding hydrogens is 352 g/mol. The molecule has 0 radical (unpaired) electrons. The molecule has 26 heavy (non-hydrogen) atoms. The van der Waals surface area contributed by atoms with E-state index in [-0.39, 0.29) is 12.1 Å². The van der Waals surface area contributed by atoms with Gasteiger partial charge in [0.05, 0.1) is 5.69 Å². The van der Waals surface area contributed by atoms with Crippen LogP contribution in [-0.2, 0) is 4.74 Å². The van der Waals surface area contributed by atoms with E-state index in [2.05, 4.69) is 15.2 Å². The summed E-state index contributed by atoms with van der Waals surface area (Å²) in [6, 6.07) is 5.56. The summed E-state index contributed by atoms with van der Waals surface area (Å²) in [5, 5.41) is 8.33. The van der Waals surface area contributed by atoms with E-state index >= 15 is 0 Å². The maximum absolute atomic E-state index is 12.9. The lowest BCUT2D eigenvalue weighted by atomic mass is 9.94. The number of hydrogen-bond donors (Lipinski definition) is 1. The molecule has 1 amide bonds. The summed E-state index contributed by atoms with van der Waals surface area (Å²) in [5.41, 5.74) is 1.01. The summed E-state index contributed by atoms with van der Waals surface area (Å²) in [6.45, 7) is 5.65. The topological polar surface area (TPSA) is 71.1 Å². The van der Waals surface area contributed by atoms with Crippen LogP contribution in [0.2, 0.25) is 5.15 Å². The second kappa shape index (κ2) is 7.66. The van der Waals surface area contributed by atoms with Crippen molar-refractivity contribution in [3.8, 4) is 11.3 Å². The fourth-order valence-electron chi connectivity index (χ4n) is 3.23. The molecule has 0 aliphatic heterocycles. The van der Waals surface area contributed by atoms with Crippen molar-refractivity contribution in [2.45, 2.75) is 64.5 Å². The summed E-state index contributed by atoms with van der Waals surface area (Å²) in [4.78, 5) is 17.9. The Balaban J connectivity index is 1.88. The molecule has 0 unspecified atom stereocenters. The highest BCUT2D eigenvalue weighted by Crippen LogP contribution is 2.31. The number of amides is 1. The van der Waals surface area contributed by atoms with Gasteiger partial charge in [0.1, 0.15) is 11.4 Å². The van der Waals surface area contributed by atoms with E-state index in [1.165, 1.54) is 6.42 Å². The number of nitrogens with one attached hydrogen (secondary N) is 1. The van der Waals surface area contributed by atoms with Crippen molar-refractivity contribution in [2.24, 2.45) is 0 Å². The molecule has 140 valence electrons. The van der Waals surface area contributed by atoms with Crippen LogP contribution in [-0.4, -0.2) is 32.9 Å². The molecule has 0 atom stereocenters. The lowest BCUT2D eigenvalue weighted by Crippen LogP contribution is -2.44. The smallest absolute Gasteiger partial charge is 0.416 e. The first-order chi connectivity index (χ1) is 12.3. The second-order valence-electron chi connectivity index (χ2n) is 7.66. The van der Waals surface area contributed by atoms with Crippen LogP contribution in [0.1, 0.15) is 52.9 Å². The quantitative estimate of drug-likeness (QED) is 0.799. The first-order valence-corrected chi connectivity index (χ1v) is 9.41. The predicted octanol–water partition coefficient (Wildman–Crippen LogP) is 5.20. The van der Waals surface area contributed by atoms with Crippen LogP contribution in [0, 0.1) is 0 Å². The van der Waals surface area contributed by atoms with Gasteiger partial charge in [-0.1, -0.05) is 30.9 Å². The molecule has 3 rings (SSSR count). The van der Waals surface area contributed by atoms with E-state index in [1.807, 2.05) is 33.0 Å². The Bertz CT molecular complexity index is 746. The Morgan fingerprint density at radius 3 is 2.58 bits per heavy atom. The highest BCUT2D eigenvalue weighted by molar-refractivity contribution is 6.29. The highest BCUT2D eigenvalue weighted by Gasteiger charge is 2.31. The van der Waals surface area contributed by atoms with Crippen molar-refractivity contribution in [3.05, 3.63) is 29.5 Å². The number of carbonyl (C=O) groups excluding carboxylic acids is 1. The molecule has 1 saturated carbocycles. The van der Waals surface area contributed by atoms with Gasteiger partial charge in [-0.3, -0.25) is 4.90 Å². The zero-order valence-corrected chi connectivity index (χ0v) is 16.2. The molecule has 1 aliphatic carbocycles. The normalized spacial score (nSPS) is 15.7. The average Bonchev–Trinajstić information content (AvgIpc) is 3.04. The third kappa shape index (κ3) is 4.55. The largest absolute Gasteiger partial charge is 0.443 e. The fourth-order valence-corrected chi connectivity index (χ4v) is 3.33. The number of H-pyrrole nitrogens is 1. The van der Waals surface area contributed by atoms with Crippen LogP contribution in [0.15, 0.2) is 24.4 Å². The van der Waals surface area contributed by atoms with Crippen molar-refractivity contribution >= 4 is 23.5 Å². The molecule has 1 aliphatic rings. The lowest BCUT2D eigenvalue weighted by Gasteiger charge is -2.34. The summed E-state index contributed by atoms with van der Waals surface area (Å²) in [5.74, 6) is 0.720. The molecule has 6 nitrogen and oxygen atoms in total. The molecule has 2 aromatic rings. The number of halogens is 1. The molecule has 1 N–H and O–H groups in total. The number of nitrogens with zero attached hydrogens (tertiary/aromatic N) is 3. The summed E-state index contributed by atoms with van der Waals surface area (Å²) >= 11 is 5.81. The maximum Gasteiger partial charge on any atom is 0.416 e. The zero-order chi connectivity index (χ0) is 18.7. The number of ether oxygens (including phenoxy) is 1. The third-order valence-corrected chi connectivity index (χ3v) is 4.59. The number of rotatable bonds is 3. The van der Waals surface area contributed by atoms with Gasteiger partial charge in [-0.05, 0) is 51.8 Å². The summed E-state index contributed by atoms with van der Waals surface area (Å²) in [7, 11) is 0. The van der Waals surface area contributed by atoms with Crippen molar-refractivity contribution < 1.29 is 9.53 Å². The van der Waals surface area contributed by atoms with Crippen LogP contribution in [0.3, 0.4) is 0 Å². The Kier molecular flexibility index (Phi) is 5.51. The van der Waals surface area contributed by atoms with Gasteiger partial charge in [0.2, 0.25) is 0 Å². The number of anilines is 1. The van der Waals surface area contributed by atoms with Gasteiger partial charge in [-0.15, -0.1) is 10.2 Å². The third-order valence-electron chi connectivity index (χ3n) is 4.39. The molecule has 0 bridgehead atoms. The van der Waals surface area contributed by atoms with E-state index in [0.717, 1.165) is 37.1 Å². The SMILES string of the molecule is CC(C)(C)OC(=O)N(c1cc(-c2ccc(Cl)nn2)c[nH]1)C1CCCCC1. The minimum Gasteiger partial charge on any atom is -0.443 e.